The Morgan fingerprint density at radius 2 is 2.14 bits per heavy atom. The molecule has 1 atom stereocenters. The first-order valence-corrected chi connectivity index (χ1v) is 8.92. The maximum Gasteiger partial charge on any atom is 0.129 e. The second kappa shape index (κ2) is 4.69. The van der Waals surface area contributed by atoms with Crippen molar-refractivity contribution in [2.75, 3.05) is 0 Å². The number of hydrogen-bond acceptors (Lipinski definition) is 0. The Kier molecular flexibility index (Phi) is 3.81. The molecule has 0 amide bonds. The fraction of sp³-hybridized carbons (Fsp3) is 0.615. The molecule has 1 aliphatic rings. The fourth-order valence-electron chi connectivity index (χ4n) is 1.81. The molecule has 1 saturated carbocycles. The number of rotatable bonds is 1. The Hall–Kier alpha value is -0.703. The lowest BCUT2D eigenvalue weighted by Crippen LogP contribution is -2.16. The second-order valence-corrected chi connectivity index (χ2v) is 9.80. The second-order valence-electron chi connectivity index (χ2n) is 5.05. The largest absolute Gasteiger partial charge is 0.132 e. The van der Waals surface area contributed by atoms with Gasteiger partial charge < -0.3 is 0 Å². The van der Waals surface area contributed by atoms with Crippen LogP contribution in [0.1, 0.15) is 25.7 Å². The fourth-order valence-corrected chi connectivity index (χ4v) is 2.45. The summed E-state index contributed by atoms with van der Waals surface area (Å²) in [4.78, 5) is 0. The lowest BCUT2D eigenvalue weighted by Gasteiger charge is -2.07. The lowest BCUT2D eigenvalue weighted by atomic mass is 10.0. The van der Waals surface area contributed by atoms with Crippen LogP contribution >= 0.6 is 0 Å². The van der Waals surface area contributed by atoms with Crippen LogP contribution in [0.3, 0.4) is 0 Å². The summed E-state index contributed by atoms with van der Waals surface area (Å²) < 4.78 is 0. The molecule has 0 aromatic rings. The molecule has 0 N–H and O–H groups in total. The molecule has 0 radical (unpaired) electrons. The highest BCUT2D eigenvalue weighted by molar-refractivity contribution is 6.83. The summed E-state index contributed by atoms with van der Waals surface area (Å²) in [5.74, 6) is 4.02. The SMILES string of the molecule is C=C=C1CCCC1CC#C[Si](C)(C)C. The molecule has 1 aliphatic carbocycles. The van der Waals surface area contributed by atoms with E-state index >= 15 is 0 Å². The van der Waals surface area contributed by atoms with E-state index in [9.17, 15) is 0 Å². The number of hydrogen-bond donors (Lipinski definition) is 0. The molecular weight excluding hydrogens is 184 g/mol. The molecule has 0 nitrogen and oxygen atoms in total. The first-order chi connectivity index (χ1) is 6.53. The third kappa shape index (κ3) is 3.58. The van der Waals surface area contributed by atoms with Crippen molar-refractivity contribution in [3.8, 4) is 11.5 Å². The van der Waals surface area contributed by atoms with E-state index in [-0.39, 0.29) is 0 Å². The van der Waals surface area contributed by atoms with Crippen LogP contribution < -0.4 is 0 Å². The van der Waals surface area contributed by atoms with Crippen molar-refractivity contribution in [2.45, 2.75) is 45.3 Å². The van der Waals surface area contributed by atoms with Crippen molar-refractivity contribution in [1.82, 2.24) is 0 Å². The highest BCUT2D eigenvalue weighted by Crippen LogP contribution is 2.32. The van der Waals surface area contributed by atoms with Gasteiger partial charge in [0, 0.05) is 6.42 Å². The Morgan fingerprint density at radius 1 is 1.43 bits per heavy atom. The van der Waals surface area contributed by atoms with Gasteiger partial charge in [0.25, 0.3) is 0 Å². The van der Waals surface area contributed by atoms with Crippen molar-refractivity contribution < 1.29 is 0 Å². The average molecular weight is 204 g/mol. The molecule has 0 aromatic heterocycles. The van der Waals surface area contributed by atoms with Gasteiger partial charge in [-0.15, -0.1) is 17.2 Å². The molecule has 1 fully saturated rings. The third-order valence-corrected chi connectivity index (χ3v) is 3.46. The summed E-state index contributed by atoms with van der Waals surface area (Å²) in [6.45, 7) is 10.6. The maximum absolute atomic E-state index is 3.75. The van der Waals surface area contributed by atoms with E-state index in [4.69, 9.17) is 0 Å². The first kappa shape index (κ1) is 11.4. The van der Waals surface area contributed by atoms with Crippen molar-refractivity contribution in [2.24, 2.45) is 5.92 Å². The van der Waals surface area contributed by atoms with E-state index in [0.717, 1.165) is 6.42 Å². The average Bonchev–Trinajstić information content (AvgIpc) is 2.49. The zero-order valence-electron chi connectivity index (χ0n) is 9.61. The van der Waals surface area contributed by atoms with Crippen molar-refractivity contribution >= 4 is 8.07 Å². The van der Waals surface area contributed by atoms with E-state index in [0.29, 0.717) is 5.92 Å². The Morgan fingerprint density at radius 3 is 2.71 bits per heavy atom. The molecule has 0 heterocycles. The summed E-state index contributed by atoms with van der Waals surface area (Å²) in [5.41, 5.74) is 7.90. The van der Waals surface area contributed by atoms with E-state index in [2.05, 4.69) is 43.4 Å². The van der Waals surface area contributed by atoms with Crippen LogP contribution in [0.5, 0.6) is 0 Å². The Bertz CT molecular complexity index is 302. The quantitative estimate of drug-likeness (QED) is 0.346. The Labute approximate surface area is 89.1 Å². The highest BCUT2D eigenvalue weighted by Gasteiger charge is 2.19. The van der Waals surface area contributed by atoms with Crippen LogP contribution in [0.4, 0.5) is 0 Å². The zero-order valence-corrected chi connectivity index (χ0v) is 10.6. The topological polar surface area (TPSA) is 0 Å². The minimum Gasteiger partial charge on any atom is -0.132 e. The van der Waals surface area contributed by atoms with Gasteiger partial charge in [-0.3, -0.25) is 0 Å². The molecule has 0 aromatic carbocycles. The van der Waals surface area contributed by atoms with Crippen molar-refractivity contribution in [3.63, 3.8) is 0 Å². The number of allylic oxidation sites excluding steroid dienone is 1. The van der Waals surface area contributed by atoms with Gasteiger partial charge in [0.2, 0.25) is 0 Å². The summed E-state index contributed by atoms with van der Waals surface area (Å²) in [7, 11) is -1.17. The molecule has 0 aliphatic heterocycles. The summed E-state index contributed by atoms with van der Waals surface area (Å²) in [6.07, 6.45) is 4.82. The minimum absolute atomic E-state index is 0.663. The van der Waals surface area contributed by atoms with Crippen LogP contribution in [0, 0.1) is 17.4 Å². The predicted octanol–water partition coefficient (Wildman–Crippen LogP) is 3.77. The molecule has 1 unspecified atom stereocenters. The van der Waals surface area contributed by atoms with Gasteiger partial charge in [0.05, 0.1) is 0 Å². The molecular formula is C13H20Si. The van der Waals surface area contributed by atoms with E-state index in [1.807, 2.05) is 0 Å². The van der Waals surface area contributed by atoms with Gasteiger partial charge in [0.15, 0.2) is 0 Å². The maximum atomic E-state index is 3.75. The molecule has 14 heavy (non-hydrogen) atoms. The molecule has 0 saturated heterocycles. The molecule has 76 valence electrons. The van der Waals surface area contributed by atoms with Gasteiger partial charge in [-0.1, -0.05) is 26.2 Å². The van der Waals surface area contributed by atoms with Crippen molar-refractivity contribution in [1.29, 1.82) is 0 Å². The van der Waals surface area contributed by atoms with E-state index in [1.165, 1.54) is 24.8 Å². The normalized spacial score (nSPS) is 21.4. The minimum atomic E-state index is -1.17. The van der Waals surface area contributed by atoms with Gasteiger partial charge in [-0.25, -0.2) is 0 Å². The Balaban J connectivity index is 2.52. The summed E-state index contributed by atoms with van der Waals surface area (Å²) in [6, 6.07) is 0. The summed E-state index contributed by atoms with van der Waals surface area (Å²) in [5, 5.41) is 0. The first-order valence-electron chi connectivity index (χ1n) is 5.42. The van der Waals surface area contributed by atoms with Crippen LogP contribution in [0.25, 0.3) is 0 Å². The van der Waals surface area contributed by atoms with Gasteiger partial charge in [-0.05, 0) is 30.8 Å². The van der Waals surface area contributed by atoms with Crippen LogP contribution in [0.2, 0.25) is 19.6 Å². The molecule has 0 spiro atoms. The standard InChI is InChI=1S/C13H20Si/c1-5-12-8-6-9-13(12)10-7-11-14(2,3)4/h13H,1,6,8-10H2,2-4H3. The third-order valence-electron chi connectivity index (χ3n) is 2.53. The highest BCUT2D eigenvalue weighted by atomic mass is 28.3. The molecule has 0 bridgehead atoms. The smallest absolute Gasteiger partial charge is 0.129 e. The van der Waals surface area contributed by atoms with E-state index < -0.39 is 8.07 Å². The molecule has 1 heteroatoms. The van der Waals surface area contributed by atoms with Crippen LogP contribution in [-0.4, -0.2) is 8.07 Å². The molecule has 1 rings (SSSR count). The predicted molar refractivity (Wildman–Crippen MR) is 65.7 cm³/mol. The summed E-state index contributed by atoms with van der Waals surface area (Å²) >= 11 is 0. The van der Waals surface area contributed by atoms with E-state index in [1.54, 1.807) is 0 Å². The van der Waals surface area contributed by atoms with Gasteiger partial charge >= 0.3 is 0 Å². The van der Waals surface area contributed by atoms with Crippen molar-refractivity contribution in [3.05, 3.63) is 17.9 Å². The van der Waals surface area contributed by atoms with Crippen LogP contribution in [0.15, 0.2) is 17.9 Å². The van der Waals surface area contributed by atoms with Crippen LogP contribution in [-0.2, 0) is 0 Å². The monoisotopic (exact) mass is 204 g/mol. The van der Waals surface area contributed by atoms with Gasteiger partial charge in [0.1, 0.15) is 8.07 Å². The van der Waals surface area contributed by atoms with Gasteiger partial charge in [-0.2, -0.15) is 0 Å². The zero-order chi connectivity index (χ0) is 10.6. The lowest BCUT2D eigenvalue weighted by molar-refractivity contribution is 0.648.